The smallest absolute Gasteiger partial charge is 0.0456 e. The number of hydrogen-bond donors (Lipinski definition) is 2. The molecule has 0 radical (unpaired) electrons. The molecule has 2 rings (SSSR count). The molecule has 0 saturated carbocycles. The van der Waals surface area contributed by atoms with Crippen molar-refractivity contribution in [1.29, 1.82) is 0 Å². The van der Waals surface area contributed by atoms with Crippen LogP contribution in [0, 0.1) is 0 Å². The fourth-order valence-corrected chi connectivity index (χ4v) is 3.95. The van der Waals surface area contributed by atoms with Crippen LogP contribution in [-0.4, -0.2) is 18.1 Å². The number of aromatic nitrogens is 1. The van der Waals surface area contributed by atoms with E-state index in [0.29, 0.717) is 0 Å². The lowest BCUT2D eigenvalue weighted by molar-refractivity contribution is 0.533. The summed E-state index contributed by atoms with van der Waals surface area (Å²) < 4.78 is 0. The summed E-state index contributed by atoms with van der Waals surface area (Å²) in [5, 5.41) is 4.99. The molecular weight excluding hydrogens is 328 g/mol. The van der Waals surface area contributed by atoms with Gasteiger partial charge < -0.3 is 10.3 Å². The fourth-order valence-electron chi connectivity index (χ4n) is 3.95. The number of para-hydroxylation sites is 1. The third-order valence-corrected chi connectivity index (χ3v) is 5.70. The van der Waals surface area contributed by atoms with Gasteiger partial charge in [0.2, 0.25) is 0 Å². The van der Waals surface area contributed by atoms with Crippen LogP contribution in [-0.2, 0) is 6.42 Å². The predicted molar refractivity (Wildman–Crippen MR) is 121 cm³/mol. The van der Waals surface area contributed by atoms with Crippen molar-refractivity contribution in [3.05, 3.63) is 36.0 Å². The number of H-pyrrole nitrogens is 1. The van der Waals surface area contributed by atoms with E-state index in [1.54, 1.807) is 0 Å². The molecular formula is C25H42N2. The molecule has 0 amide bonds. The number of benzene rings is 1. The summed E-state index contributed by atoms with van der Waals surface area (Å²) in [7, 11) is 0. The highest BCUT2D eigenvalue weighted by molar-refractivity contribution is 5.83. The van der Waals surface area contributed by atoms with E-state index < -0.39 is 0 Å². The topological polar surface area (TPSA) is 27.8 Å². The van der Waals surface area contributed by atoms with Crippen molar-refractivity contribution in [3.8, 4) is 0 Å². The Balaban J connectivity index is 1.33. The Hall–Kier alpha value is -1.28. The van der Waals surface area contributed by atoms with Crippen LogP contribution in [0.15, 0.2) is 30.5 Å². The molecule has 2 nitrogen and oxygen atoms in total. The quantitative estimate of drug-likeness (QED) is 0.279. The highest BCUT2D eigenvalue weighted by Gasteiger charge is 2.01. The summed E-state index contributed by atoms with van der Waals surface area (Å²) in [4.78, 5) is 3.36. The van der Waals surface area contributed by atoms with E-state index in [1.165, 1.54) is 106 Å². The Bertz CT molecular complexity index is 587. The van der Waals surface area contributed by atoms with Gasteiger partial charge in [0.15, 0.2) is 0 Å². The minimum atomic E-state index is 1.08. The van der Waals surface area contributed by atoms with Crippen LogP contribution in [0.2, 0.25) is 0 Å². The van der Waals surface area contributed by atoms with Crippen molar-refractivity contribution < 1.29 is 0 Å². The molecule has 1 aromatic heterocycles. The Morgan fingerprint density at radius 2 is 1.30 bits per heavy atom. The Morgan fingerprint density at radius 1 is 0.704 bits per heavy atom. The maximum absolute atomic E-state index is 3.61. The first-order chi connectivity index (χ1) is 13.4. The van der Waals surface area contributed by atoms with Gasteiger partial charge in [-0.05, 0) is 37.6 Å². The van der Waals surface area contributed by atoms with Gasteiger partial charge in [-0.1, -0.05) is 102 Å². The third kappa shape index (κ3) is 9.46. The summed E-state index contributed by atoms with van der Waals surface area (Å²) in [6, 6.07) is 8.59. The van der Waals surface area contributed by atoms with Gasteiger partial charge in [0.25, 0.3) is 0 Å². The van der Waals surface area contributed by atoms with E-state index in [0.717, 1.165) is 13.0 Å². The number of rotatable bonds is 17. The molecule has 0 bridgehead atoms. The van der Waals surface area contributed by atoms with E-state index in [1.807, 2.05) is 0 Å². The maximum atomic E-state index is 3.61. The van der Waals surface area contributed by atoms with Crippen molar-refractivity contribution in [2.45, 2.75) is 96.8 Å². The largest absolute Gasteiger partial charge is 0.361 e. The second kappa shape index (κ2) is 14.7. The molecule has 1 aromatic carbocycles. The molecule has 0 saturated heterocycles. The maximum Gasteiger partial charge on any atom is 0.0456 e. The number of hydrogen-bond acceptors (Lipinski definition) is 1. The summed E-state index contributed by atoms with van der Waals surface area (Å²) in [6.45, 7) is 4.54. The fraction of sp³-hybridized carbons (Fsp3) is 0.680. The average molecular weight is 371 g/mol. The van der Waals surface area contributed by atoms with Gasteiger partial charge in [-0.2, -0.15) is 0 Å². The molecule has 1 heterocycles. The monoisotopic (exact) mass is 370 g/mol. The minimum absolute atomic E-state index is 1.08. The van der Waals surface area contributed by atoms with Crippen LogP contribution in [0.4, 0.5) is 0 Å². The number of unbranched alkanes of at least 4 members (excludes halogenated alkanes) is 12. The molecule has 0 atom stereocenters. The normalized spacial score (nSPS) is 11.4. The average Bonchev–Trinajstić information content (AvgIpc) is 3.11. The van der Waals surface area contributed by atoms with Gasteiger partial charge in [0.1, 0.15) is 0 Å². The standard InChI is InChI=1S/C25H42N2/c1-2-3-4-5-6-7-8-9-10-11-12-13-16-20-26-21-19-23-22-27-25-18-15-14-17-24(23)25/h14-15,17-18,22,26-27H,2-13,16,19-21H2,1H3. The molecule has 0 aliphatic carbocycles. The zero-order valence-corrected chi connectivity index (χ0v) is 17.7. The first kappa shape index (κ1) is 22.0. The Kier molecular flexibility index (Phi) is 12.0. The van der Waals surface area contributed by atoms with Crippen LogP contribution in [0.25, 0.3) is 10.9 Å². The van der Waals surface area contributed by atoms with Gasteiger partial charge in [-0.15, -0.1) is 0 Å². The second-order valence-electron chi connectivity index (χ2n) is 8.10. The van der Waals surface area contributed by atoms with E-state index in [9.17, 15) is 0 Å². The number of nitrogens with one attached hydrogen (secondary N) is 2. The number of aromatic amines is 1. The van der Waals surface area contributed by atoms with Gasteiger partial charge in [0, 0.05) is 17.1 Å². The van der Waals surface area contributed by atoms with Gasteiger partial charge in [-0.3, -0.25) is 0 Å². The van der Waals surface area contributed by atoms with Crippen LogP contribution < -0.4 is 5.32 Å². The van der Waals surface area contributed by atoms with Gasteiger partial charge in [0.05, 0.1) is 0 Å². The molecule has 0 fully saturated rings. The van der Waals surface area contributed by atoms with Crippen LogP contribution >= 0.6 is 0 Å². The molecule has 0 unspecified atom stereocenters. The van der Waals surface area contributed by atoms with Crippen molar-refractivity contribution in [2.75, 3.05) is 13.1 Å². The predicted octanol–water partition coefficient (Wildman–Crippen LogP) is 7.39. The zero-order valence-electron chi connectivity index (χ0n) is 17.7. The van der Waals surface area contributed by atoms with Crippen LogP contribution in [0.5, 0.6) is 0 Å². The van der Waals surface area contributed by atoms with E-state index in [-0.39, 0.29) is 0 Å². The minimum Gasteiger partial charge on any atom is -0.361 e. The van der Waals surface area contributed by atoms with E-state index in [2.05, 4.69) is 47.7 Å². The summed E-state index contributed by atoms with van der Waals surface area (Å²) >= 11 is 0. The van der Waals surface area contributed by atoms with Crippen LogP contribution in [0.3, 0.4) is 0 Å². The van der Waals surface area contributed by atoms with Crippen molar-refractivity contribution >= 4 is 10.9 Å². The second-order valence-corrected chi connectivity index (χ2v) is 8.10. The molecule has 0 aliphatic rings. The lowest BCUT2D eigenvalue weighted by Crippen LogP contribution is -2.18. The lowest BCUT2D eigenvalue weighted by atomic mass is 10.0. The SMILES string of the molecule is CCCCCCCCCCCCCCCNCCc1c[nH]c2ccccc12. The molecule has 27 heavy (non-hydrogen) atoms. The molecule has 2 aromatic rings. The lowest BCUT2D eigenvalue weighted by Gasteiger charge is -2.05. The first-order valence-corrected chi connectivity index (χ1v) is 11.7. The van der Waals surface area contributed by atoms with Crippen LogP contribution in [0.1, 0.15) is 96.0 Å². The first-order valence-electron chi connectivity index (χ1n) is 11.7. The highest BCUT2D eigenvalue weighted by atomic mass is 14.8. The Labute approximate surface area is 167 Å². The Morgan fingerprint density at radius 3 is 1.96 bits per heavy atom. The van der Waals surface area contributed by atoms with E-state index in [4.69, 9.17) is 0 Å². The molecule has 2 N–H and O–H groups in total. The number of fused-ring (bicyclic) bond motifs is 1. The molecule has 152 valence electrons. The molecule has 0 spiro atoms. The van der Waals surface area contributed by atoms with E-state index >= 15 is 0 Å². The third-order valence-electron chi connectivity index (χ3n) is 5.70. The summed E-state index contributed by atoms with van der Waals surface area (Å²) in [5.74, 6) is 0. The summed E-state index contributed by atoms with van der Waals surface area (Å²) in [6.07, 6.45) is 21.8. The van der Waals surface area contributed by atoms with Crippen molar-refractivity contribution in [2.24, 2.45) is 0 Å². The summed E-state index contributed by atoms with van der Waals surface area (Å²) in [5.41, 5.74) is 2.69. The van der Waals surface area contributed by atoms with Gasteiger partial charge in [-0.25, -0.2) is 0 Å². The van der Waals surface area contributed by atoms with Gasteiger partial charge >= 0.3 is 0 Å². The van der Waals surface area contributed by atoms with Crippen molar-refractivity contribution in [3.63, 3.8) is 0 Å². The van der Waals surface area contributed by atoms with Crippen molar-refractivity contribution in [1.82, 2.24) is 10.3 Å². The zero-order chi connectivity index (χ0) is 19.0. The highest BCUT2D eigenvalue weighted by Crippen LogP contribution is 2.17. The molecule has 2 heteroatoms. The molecule has 0 aliphatic heterocycles.